The molecule has 1 aliphatic heterocycles. The van der Waals surface area contributed by atoms with Crippen molar-refractivity contribution in [3.63, 3.8) is 0 Å². The Morgan fingerprint density at radius 2 is 1.02 bits per heavy atom. The molecule has 3 heteroatoms. The molecule has 0 spiro atoms. The van der Waals surface area contributed by atoms with E-state index in [0.717, 1.165) is 33.6 Å². The van der Waals surface area contributed by atoms with Gasteiger partial charge in [0.15, 0.2) is 0 Å². The molecule has 3 nitrogen and oxygen atoms in total. The minimum atomic E-state index is -0.512. The van der Waals surface area contributed by atoms with Crippen molar-refractivity contribution in [3.05, 3.63) is 234 Å². The van der Waals surface area contributed by atoms with Crippen LogP contribution in [0.3, 0.4) is 0 Å². The summed E-state index contributed by atoms with van der Waals surface area (Å²) in [6.07, 6.45) is 1.78. The van der Waals surface area contributed by atoms with Crippen LogP contribution >= 0.6 is 0 Å². The Labute approximate surface area is 314 Å². The number of aromatic nitrogens is 1. The first-order valence-electron chi connectivity index (χ1n) is 18.7. The zero-order valence-corrected chi connectivity index (χ0v) is 29.5. The van der Waals surface area contributed by atoms with Gasteiger partial charge in [0.2, 0.25) is 6.29 Å². The van der Waals surface area contributed by atoms with Gasteiger partial charge in [-0.05, 0) is 79.6 Å². The maximum atomic E-state index is 5.52. The van der Waals surface area contributed by atoms with Gasteiger partial charge in [0.25, 0.3) is 0 Å². The summed E-state index contributed by atoms with van der Waals surface area (Å²) in [7, 11) is 0. The Balaban J connectivity index is 1.23. The zero-order chi connectivity index (χ0) is 35.6. The summed E-state index contributed by atoms with van der Waals surface area (Å²) in [5, 5.41) is 8.75. The minimum Gasteiger partial charge on any atom is -0.346 e. The SMILES string of the molecule is C1=C(c2ccccc2)NC(n2c3cc(C4(c5ccccc5)c5ccccc5-c5ccccc54)ccc3c3cc4ccccc4cc32)N=C1c1ccccc1. The normalized spacial score (nSPS) is 15.7. The number of hydrogen-bond donors (Lipinski definition) is 1. The third-order valence-corrected chi connectivity index (χ3v) is 11.5. The van der Waals surface area contributed by atoms with Crippen LogP contribution in [0.15, 0.2) is 205 Å². The molecular formula is C51H35N3. The first-order valence-corrected chi connectivity index (χ1v) is 18.7. The van der Waals surface area contributed by atoms with Crippen molar-refractivity contribution >= 4 is 44.0 Å². The van der Waals surface area contributed by atoms with Crippen LogP contribution in [0.1, 0.15) is 39.7 Å². The highest BCUT2D eigenvalue weighted by Gasteiger charge is 2.46. The van der Waals surface area contributed by atoms with Crippen molar-refractivity contribution in [2.24, 2.45) is 4.99 Å². The monoisotopic (exact) mass is 689 g/mol. The van der Waals surface area contributed by atoms with E-state index in [1.165, 1.54) is 54.9 Å². The van der Waals surface area contributed by atoms with Gasteiger partial charge in [-0.15, -0.1) is 0 Å². The van der Waals surface area contributed by atoms with Crippen LogP contribution in [-0.2, 0) is 5.41 Å². The molecule has 0 saturated carbocycles. The summed E-state index contributed by atoms with van der Waals surface area (Å²) < 4.78 is 2.44. The molecule has 1 aromatic heterocycles. The molecule has 254 valence electrons. The second-order valence-corrected chi connectivity index (χ2v) is 14.3. The topological polar surface area (TPSA) is 29.3 Å². The molecule has 0 fully saturated rings. The van der Waals surface area contributed by atoms with E-state index >= 15 is 0 Å². The predicted octanol–water partition coefficient (Wildman–Crippen LogP) is 11.9. The summed E-state index contributed by atoms with van der Waals surface area (Å²) in [5.74, 6) is 0. The quantitative estimate of drug-likeness (QED) is 0.191. The van der Waals surface area contributed by atoms with Crippen molar-refractivity contribution < 1.29 is 0 Å². The van der Waals surface area contributed by atoms with E-state index in [9.17, 15) is 0 Å². The summed E-state index contributed by atoms with van der Waals surface area (Å²) >= 11 is 0. The van der Waals surface area contributed by atoms with Crippen molar-refractivity contribution in [1.29, 1.82) is 0 Å². The number of aliphatic imine (C=N–C) groups is 1. The average molecular weight is 690 g/mol. The van der Waals surface area contributed by atoms with Gasteiger partial charge < -0.3 is 9.88 Å². The molecule has 0 saturated heterocycles. The number of hydrogen-bond acceptors (Lipinski definition) is 2. The van der Waals surface area contributed by atoms with E-state index in [2.05, 4.69) is 210 Å². The Morgan fingerprint density at radius 3 is 1.70 bits per heavy atom. The standard InChI is InChI=1S/C51H35N3/c1-4-16-34(17-5-1)46-33-47(35-18-6-2-7-19-35)53-50(52-46)54-48-31-37-21-11-10-20-36(37)30-43(48)42-29-28-39(32-49(42)54)51(38-22-8-3-9-23-38)44-26-14-12-24-40(44)41-25-13-15-27-45(41)51/h1-33,50,52H. The highest BCUT2D eigenvalue weighted by Crippen LogP contribution is 2.56. The molecule has 11 rings (SSSR count). The highest BCUT2D eigenvalue weighted by atomic mass is 15.3. The van der Waals surface area contributed by atoms with Crippen LogP contribution in [0, 0.1) is 0 Å². The lowest BCUT2D eigenvalue weighted by atomic mass is 9.67. The number of nitrogens with one attached hydrogen (secondary N) is 1. The zero-order valence-electron chi connectivity index (χ0n) is 29.5. The molecular weight excluding hydrogens is 655 g/mol. The van der Waals surface area contributed by atoms with Crippen LogP contribution < -0.4 is 5.32 Å². The van der Waals surface area contributed by atoms with E-state index in [4.69, 9.17) is 4.99 Å². The fourth-order valence-corrected chi connectivity index (χ4v) is 9.13. The van der Waals surface area contributed by atoms with Gasteiger partial charge in [0.1, 0.15) is 0 Å². The smallest absolute Gasteiger partial charge is 0.201 e. The summed E-state index contributed by atoms with van der Waals surface area (Å²) in [6, 6.07) is 70.6. The molecule has 54 heavy (non-hydrogen) atoms. The van der Waals surface area contributed by atoms with Crippen molar-refractivity contribution in [3.8, 4) is 11.1 Å². The first-order chi connectivity index (χ1) is 26.8. The number of benzene rings is 8. The van der Waals surface area contributed by atoms with Gasteiger partial charge >= 0.3 is 0 Å². The summed E-state index contributed by atoms with van der Waals surface area (Å²) in [6.45, 7) is 0. The predicted molar refractivity (Wildman–Crippen MR) is 224 cm³/mol. The summed E-state index contributed by atoms with van der Waals surface area (Å²) in [5.41, 5.74) is 13.6. The Hall–Kier alpha value is -6.97. The molecule has 9 aromatic rings. The molecule has 2 aliphatic rings. The molecule has 2 heterocycles. The molecule has 8 aromatic carbocycles. The average Bonchev–Trinajstić information content (AvgIpc) is 3.73. The van der Waals surface area contributed by atoms with Gasteiger partial charge in [0, 0.05) is 16.5 Å². The van der Waals surface area contributed by atoms with Gasteiger partial charge in [-0.1, -0.05) is 176 Å². The second kappa shape index (κ2) is 12.0. The second-order valence-electron chi connectivity index (χ2n) is 14.3. The van der Waals surface area contributed by atoms with E-state index in [-0.39, 0.29) is 0 Å². The van der Waals surface area contributed by atoms with Gasteiger partial charge in [0.05, 0.1) is 22.2 Å². The molecule has 0 bridgehead atoms. The van der Waals surface area contributed by atoms with Gasteiger partial charge in [-0.2, -0.15) is 0 Å². The minimum absolute atomic E-state index is 0.410. The van der Waals surface area contributed by atoms with Crippen LogP contribution in [-0.4, -0.2) is 10.3 Å². The van der Waals surface area contributed by atoms with Crippen LogP contribution in [0.25, 0.3) is 49.4 Å². The lowest BCUT2D eigenvalue weighted by Crippen LogP contribution is -2.30. The number of nitrogens with zero attached hydrogens (tertiary/aromatic N) is 2. The van der Waals surface area contributed by atoms with E-state index in [1.807, 2.05) is 0 Å². The van der Waals surface area contributed by atoms with E-state index < -0.39 is 11.7 Å². The van der Waals surface area contributed by atoms with Crippen LogP contribution in [0.5, 0.6) is 0 Å². The fraction of sp³-hybridized carbons (Fsp3) is 0.0392. The van der Waals surface area contributed by atoms with Crippen LogP contribution in [0.2, 0.25) is 0 Å². The molecule has 1 N–H and O–H groups in total. The number of allylic oxidation sites excluding steroid dienone is 1. The molecule has 1 aliphatic carbocycles. The van der Waals surface area contributed by atoms with Crippen molar-refractivity contribution in [1.82, 2.24) is 9.88 Å². The largest absolute Gasteiger partial charge is 0.346 e. The lowest BCUT2D eigenvalue weighted by molar-refractivity contribution is 0.508. The fourth-order valence-electron chi connectivity index (χ4n) is 9.13. The molecule has 0 radical (unpaired) electrons. The summed E-state index contributed by atoms with van der Waals surface area (Å²) in [4.78, 5) is 5.52. The van der Waals surface area contributed by atoms with E-state index in [0.29, 0.717) is 0 Å². The molecule has 0 amide bonds. The Bertz CT molecular complexity index is 2910. The Morgan fingerprint density at radius 1 is 0.463 bits per heavy atom. The number of fused-ring (bicyclic) bond motifs is 7. The number of rotatable bonds is 5. The van der Waals surface area contributed by atoms with Gasteiger partial charge in [-0.3, -0.25) is 0 Å². The van der Waals surface area contributed by atoms with Crippen molar-refractivity contribution in [2.75, 3.05) is 0 Å². The van der Waals surface area contributed by atoms with E-state index in [1.54, 1.807) is 0 Å². The first kappa shape index (κ1) is 30.6. The maximum absolute atomic E-state index is 5.52. The Kier molecular flexibility index (Phi) is 6.83. The molecule has 1 atom stereocenters. The molecule has 1 unspecified atom stereocenters. The van der Waals surface area contributed by atoms with Crippen LogP contribution in [0.4, 0.5) is 0 Å². The van der Waals surface area contributed by atoms with Gasteiger partial charge in [-0.25, -0.2) is 4.99 Å². The third-order valence-electron chi connectivity index (χ3n) is 11.5. The highest BCUT2D eigenvalue weighted by molar-refractivity contribution is 6.15. The third kappa shape index (κ3) is 4.52. The maximum Gasteiger partial charge on any atom is 0.201 e. The lowest BCUT2D eigenvalue weighted by Gasteiger charge is -2.34. The van der Waals surface area contributed by atoms with Crippen molar-refractivity contribution in [2.45, 2.75) is 11.7 Å².